The summed E-state index contributed by atoms with van der Waals surface area (Å²) in [7, 11) is 2.07. The number of hydrogen-bond donors (Lipinski definition) is 1. The van der Waals surface area contributed by atoms with Gasteiger partial charge in [0, 0.05) is 18.6 Å². The molecular weight excluding hydrogens is 258 g/mol. The molecule has 1 aliphatic rings. The summed E-state index contributed by atoms with van der Waals surface area (Å²) in [4.78, 5) is 0. The summed E-state index contributed by atoms with van der Waals surface area (Å²) in [6, 6.07) is 0. The third kappa shape index (κ3) is 7.15. The zero-order valence-electron chi connectivity index (χ0n) is 14.9. The normalized spacial score (nSPS) is 25.6. The van der Waals surface area contributed by atoms with Crippen LogP contribution in [0.5, 0.6) is 0 Å². The summed E-state index contributed by atoms with van der Waals surface area (Å²) in [5.41, 5.74) is 0.412. The van der Waals surface area contributed by atoms with Gasteiger partial charge < -0.3 is 10.1 Å². The van der Waals surface area contributed by atoms with Gasteiger partial charge in [0.15, 0.2) is 0 Å². The third-order valence-electron chi connectivity index (χ3n) is 5.39. The highest BCUT2D eigenvalue weighted by atomic mass is 16.5. The lowest BCUT2D eigenvalue weighted by Crippen LogP contribution is -2.38. The monoisotopic (exact) mass is 297 g/mol. The maximum Gasteiger partial charge on any atom is 0.0616 e. The highest BCUT2D eigenvalue weighted by Gasteiger charge is 2.40. The number of ether oxygens (including phenoxy) is 1. The van der Waals surface area contributed by atoms with Gasteiger partial charge in [-0.05, 0) is 26.8 Å². The molecule has 0 aromatic carbocycles. The Balaban J connectivity index is 2.00. The quantitative estimate of drug-likeness (QED) is 0.465. The topological polar surface area (TPSA) is 21.3 Å². The van der Waals surface area contributed by atoms with Crippen molar-refractivity contribution in [3.05, 3.63) is 0 Å². The second kappa shape index (κ2) is 11.5. The van der Waals surface area contributed by atoms with E-state index in [0.717, 1.165) is 13.2 Å². The summed E-state index contributed by atoms with van der Waals surface area (Å²) >= 11 is 0. The second-order valence-corrected chi connectivity index (χ2v) is 7.09. The van der Waals surface area contributed by atoms with Crippen molar-refractivity contribution in [3.63, 3.8) is 0 Å². The van der Waals surface area contributed by atoms with Crippen LogP contribution in [0.25, 0.3) is 0 Å². The average molecular weight is 298 g/mol. The third-order valence-corrected chi connectivity index (χ3v) is 5.39. The fourth-order valence-corrected chi connectivity index (χ4v) is 3.78. The van der Waals surface area contributed by atoms with Crippen LogP contribution in [0.15, 0.2) is 0 Å². The van der Waals surface area contributed by atoms with E-state index in [-0.39, 0.29) is 0 Å². The Morgan fingerprint density at radius 2 is 1.52 bits per heavy atom. The van der Waals surface area contributed by atoms with Crippen LogP contribution in [-0.4, -0.2) is 26.3 Å². The van der Waals surface area contributed by atoms with Crippen molar-refractivity contribution in [2.75, 3.05) is 20.2 Å². The van der Waals surface area contributed by atoms with Crippen LogP contribution < -0.4 is 5.32 Å². The number of rotatable bonds is 13. The molecule has 21 heavy (non-hydrogen) atoms. The van der Waals surface area contributed by atoms with Crippen molar-refractivity contribution in [3.8, 4) is 0 Å². The Bertz CT molecular complexity index is 244. The fraction of sp³-hybridized carbons (Fsp3) is 1.00. The molecule has 2 heteroatoms. The molecule has 1 fully saturated rings. The highest BCUT2D eigenvalue weighted by Crippen LogP contribution is 2.39. The van der Waals surface area contributed by atoms with E-state index in [0.29, 0.717) is 11.5 Å². The predicted molar refractivity (Wildman–Crippen MR) is 92.9 cm³/mol. The Morgan fingerprint density at radius 3 is 2.00 bits per heavy atom. The Labute approximate surface area is 133 Å². The van der Waals surface area contributed by atoms with Crippen LogP contribution in [0.2, 0.25) is 0 Å². The smallest absolute Gasteiger partial charge is 0.0616 e. The first kappa shape index (κ1) is 19.0. The Morgan fingerprint density at radius 1 is 0.952 bits per heavy atom. The summed E-state index contributed by atoms with van der Waals surface area (Å²) in [6.07, 6.45) is 17.3. The molecule has 2 nitrogen and oxygen atoms in total. The van der Waals surface area contributed by atoms with E-state index in [4.69, 9.17) is 4.74 Å². The fourth-order valence-electron chi connectivity index (χ4n) is 3.78. The number of nitrogens with one attached hydrogen (secondary N) is 1. The molecule has 0 saturated carbocycles. The van der Waals surface area contributed by atoms with Crippen LogP contribution >= 0.6 is 0 Å². The molecule has 0 aromatic rings. The van der Waals surface area contributed by atoms with Gasteiger partial charge in [0.1, 0.15) is 0 Å². The minimum Gasteiger partial charge on any atom is -0.378 e. The van der Waals surface area contributed by atoms with Crippen molar-refractivity contribution in [1.29, 1.82) is 0 Å². The largest absolute Gasteiger partial charge is 0.378 e. The minimum absolute atomic E-state index is 0.412. The molecule has 0 aromatic heterocycles. The van der Waals surface area contributed by atoms with Gasteiger partial charge in [-0.25, -0.2) is 0 Å². The van der Waals surface area contributed by atoms with Gasteiger partial charge in [-0.3, -0.25) is 0 Å². The van der Waals surface area contributed by atoms with Gasteiger partial charge in [0.2, 0.25) is 0 Å². The zero-order valence-corrected chi connectivity index (χ0v) is 14.9. The van der Waals surface area contributed by atoms with Crippen molar-refractivity contribution in [2.45, 2.75) is 97.0 Å². The molecule has 0 amide bonds. The van der Waals surface area contributed by atoms with E-state index >= 15 is 0 Å². The van der Waals surface area contributed by atoms with E-state index in [1.165, 1.54) is 77.0 Å². The van der Waals surface area contributed by atoms with Crippen LogP contribution in [0.4, 0.5) is 0 Å². The standard InChI is InChI=1S/C19H39NO/c1-4-5-6-7-8-9-10-11-12-13-14-19(17-20-3)15-16-21-18(19)2/h18,20H,4-17H2,1-3H3. The second-order valence-electron chi connectivity index (χ2n) is 7.09. The molecule has 1 heterocycles. The summed E-state index contributed by atoms with van der Waals surface area (Å²) in [6.45, 7) is 6.63. The van der Waals surface area contributed by atoms with Crippen molar-refractivity contribution in [2.24, 2.45) is 5.41 Å². The molecule has 126 valence electrons. The van der Waals surface area contributed by atoms with Gasteiger partial charge in [-0.15, -0.1) is 0 Å². The highest BCUT2D eigenvalue weighted by molar-refractivity contribution is 4.90. The van der Waals surface area contributed by atoms with Crippen LogP contribution in [0.3, 0.4) is 0 Å². The summed E-state index contributed by atoms with van der Waals surface area (Å²) in [5, 5.41) is 3.39. The molecule has 0 spiro atoms. The van der Waals surface area contributed by atoms with E-state index < -0.39 is 0 Å². The molecule has 0 radical (unpaired) electrons. The van der Waals surface area contributed by atoms with E-state index in [9.17, 15) is 0 Å². The lowest BCUT2D eigenvalue weighted by atomic mass is 9.77. The number of hydrogen-bond acceptors (Lipinski definition) is 2. The molecular formula is C19H39NO. The van der Waals surface area contributed by atoms with Gasteiger partial charge in [-0.1, -0.05) is 71.1 Å². The van der Waals surface area contributed by atoms with Crippen LogP contribution in [0, 0.1) is 5.41 Å². The van der Waals surface area contributed by atoms with Crippen LogP contribution in [0.1, 0.15) is 90.9 Å². The number of unbranched alkanes of at least 4 members (excludes halogenated alkanes) is 9. The predicted octanol–water partition coefficient (Wildman–Crippen LogP) is 5.31. The molecule has 1 saturated heterocycles. The molecule has 1 aliphatic heterocycles. The lowest BCUT2D eigenvalue weighted by molar-refractivity contribution is 0.0580. The molecule has 0 aliphatic carbocycles. The molecule has 1 rings (SSSR count). The Kier molecular flexibility index (Phi) is 10.4. The summed E-state index contributed by atoms with van der Waals surface area (Å²) < 4.78 is 5.82. The molecule has 0 bridgehead atoms. The maximum absolute atomic E-state index is 5.82. The van der Waals surface area contributed by atoms with E-state index in [1.54, 1.807) is 0 Å². The summed E-state index contributed by atoms with van der Waals surface area (Å²) in [5.74, 6) is 0. The first-order chi connectivity index (χ1) is 10.2. The molecule has 2 atom stereocenters. The van der Waals surface area contributed by atoms with Gasteiger partial charge >= 0.3 is 0 Å². The maximum atomic E-state index is 5.82. The van der Waals surface area contributed by atoms with Crippen molar-refractivity contribution < 1.29 is 4.74 Å². The molecule has 1 N–H and O–H groups in total. The van der Waals surface area contributed by atoms with Gasteiger partial charge in [-0.2, -0.15) is 0 Å². The first-order valence-electron chi connectivity index (χ1n) is 9.51. The SMILES string of the molecule is CCCCCCCCCCCCC1(CNC)CCOC1C. The van der Waals surface area contributed by atoms with E-state index in [1.807, 2.05) is 0 Å². The van der Waals surface area contributed by atoms with Crippen molar-refractivity contribution >= 4 is 0 Å². The molecule has 2 unspecified atom stereocenters. The van der Waals surface area contributed by atoms with E-state index in [2.05, 4.69) is 26.2 Å². The average Bonchev–Trinajstić information content (AvgIpc) is 2.83. The van der Waals surface area contributed by atoms with Crippen molar-refractivity contribution in [1.82, 2.24) is 5.32 Å². The van der Waals surface area contributed by atoms with Gasteiger partial charge in [0.25, 0.3) is 0 Å². The lowest BCUT2D eigenvalue weighted by Gasteiger charge is -2.32. The zero-order chi connectivity index (χ0) is 15.4. The minimum atomic E-state index is 0.412. The van der Waals surface area contributed by atoms with Gasteiger partial charge in [0.05, 0.1) is 6.10 Å². The first-order valence-corrected chi connectivity index (χ1v) is 9.51. The van der Waals surface area contributed by atoms with Crippen LogP contribution in [-0.2, 0) is 4.74 Å². The Hall–Kier alpha value is -0.0800.